The second kappa shape index (κ2) is 6.18. The number of hydrogen-bond acceptors (Lipinski definition) is 3. The maximum absolute atomic E-state index is 6.22. The quantitative estimate of drug-likeness (QED) is 0.920. The van der Waals surface area contributed by atoms with Crippen molar-refractivity contribution >= 4 is 23.1 Å². The average Bonchev–Trinajstić information content (AvgIpc) is 2.65. The fraction of sp³-hybridized carbons (Fsp3) is 0.400. The maximum atomic E-state index is 6.22. The van der Waals surface area contributed by atoms with Gasteiger partial charge in [0.15, 0.2) is 0 Å². The summed E-state index contributed by atoms with van der Waals surface area (Å²) in [6, 6.07) is 7.86. The summed E-state index contributed by atoms with van der Waals surface area (Å²) in [4.78, 5) is 2.10. The minimum Gasteiger partial charge on any atom is -0.394 e. The highest BCUT2D eigenvalue weighted by atomic mass is 35.5. The Morgan fingerprint density at radius 2 is 2.15 bits per heavy atom. The largest absolute Gasteiger partial charge is 0.394 e. The molecule has 1 heterocycles. The van der Waals surface area contributed by atoms with Gasteiger partial charge in [0.1, 0.15) is 5.82 Å². The molecule has 20 heavy (non-hydrogen) atoms. The molecular weight excluding hydrogens is 272 g/mol. The van der Waals surface area contributed by atoms with E-state index < -0.39 is 0 Å². The molecule has 4 nitrogen and oxygen atoms in total. The lowest BCUT2D eigenvalue weighted by molar-refractivity contribution is 0.712. The highest BCUT2D eigenvalue weighted by molar-refractivity contribution is 6.30. The molecule has 0 unspecified atom stereocenters. The minimum atomic E-state index is 0.746. The third kappa shape index (κ3) is 3.07. The van der Waals surface area contributed by atoms with Crippen molar-refractivity contribution in [1.82, 2.24) is 9.78 Å². The van der Waals surface area contributed by atoms with E-state index in [2.05, 4.69) is 23.0 Å². The van der Waals surface area contributed by atoms with Crippen LogP contribution >= 0.6 is 11.6 Å². The van der Waals surface area contributed by atoms with Crippen LogP contribution in [0.1, 0.15) is 24.6 Å². The number of nitrogen functional groups attached to an aromatic ring is 1. The molecule has 108 valence electrons. The average molecular weight is 293 g/mol. The normalized spacial score (nSPS) is 10.8. The zero-order valence-electron chi connectivity index (χ0n) is 12.2. The molecule has 0 aliphatic carbocycles. The summed E-state index contributed by atoms with van der Waals surface area (Å²) >= 11 is 6.02. The van der Waals surface area contributed by atoms with Crippen LogP contribution in [0.15, 0.2) is 24.3 Å². The van der Waals surface area contributed by atoms with Crippen LogP contribution in [0, 0.1) is 0 Å². The van der Waals surface area contributed by atoms with E-state index >= 15 is 0 Å². The van der Waals surface area contributed by atoms with Gasteiger partial charge in [-0.3, -0.25) is 4.68 Å². The summed E-state index contributed by atoms with van der Waals surface area (Å²) in [6.45, 7) is 2.87. The van der Waals surface area contributed by atoms with E-state index in [9.17, 15) is 0 Å². The van der Waals surface area contributed by atoms with Crippen molar-refractivity contribution in [1.29, 1.82) is 0 Å². The summed E-state index contributed by atoms with van der Waals surface area (Å²) in [5.74, 6) is 0.952. The van der Waals surface area contributed by atoms with E-state index in [1.165, 1.54) is 0 Å². The zero-order valence-corrected chi connectivity index (χ0v) is 13.0. The van der Waals surface area contributed by atoms with Crippen molar-refractivity contribution in [2.24, 2.45) is 7.05 Å². The minimum absolute atomic E-state index is 0.746. The number of benzene rings is 1. The molecule has 2 aromatic rings. The number of nitrogens with two attached hydrogens (primary N) is 1. The highest BCUT2D eigenvalue weighted by Gasteiger charge is 2.16. The second-order valence-electron chi connectivity index (χ2n) is 5.04. The lowest BCUT2D eigenvalue weighted by atomic mass is 10.2. The van der Waals surface area contributed by atoms with Crippen molar-refractivity contribution in [3.05, 3.63) is 40.5 Å². The first kappa shape index (κ1) is 14.7. The van der Waals surface area contributed by atoms with Gasteiger partial charge in [-0.2, -0.15) is 5.10 Å². The highest BCUT2D eigenvalue weighted by Crippen LogP contribution is 2.27. The standard InChI is InChI=1S/C15H21ClN4/c1-4-6-13-14(17)15(20(3)18-13)19(2)10-11-7-5-8-12(16)9-11/h5,7-9H,4,6,10,17H2,1-3H3. The Balaban J connectivity index is 2.23. The topological polar surface area (TPSA) is 47.1 Å². The van der Waals surface area contributed by atoms with Gasteiger partial charge in [0.2, 0.25) is 0 Å². The van der Waals surface area contributed by atoms with E-state index in [0.29, 0.717) is 0 Å². The zero-order chi connectivity index (χ0) is 14.7. The first-order chi connectivity index (χ1) is 9.52. The third-order valence-electron chi connectivity index (χ3n) is 3.29. The Morgan fingerprint density at radius 3 is 2.80 bits per heavy atom. The fourth-order valence-corrected chi connectivity index (χ4v) is 2.66. The van der Waals surface area contributed by atoms with Crippen LogP contribution in [0.3, 0.4) is 0 Å². The van der Waals surface area contributed by atoms with Gasteiger partial charge in [-0.05, 0) is 24.1 Å². The monoisotopic (exact) mass is 292 g/mol. The molecule has 1 aromatic heterocycles. The molecule has 5 heteroatoms. The lowest BCUT2D eigenvalue weighted by Crippen LogP contribution is -2.20. The molecule has 0 fully saturated rings. The summed E-state index contributed by atoms with van der Waals surface area (Å²) in [5.41, 5.74) is 9.13. The molecule has 0 saturated carbocycles. The van der Waals surface area contributed by atoms with E-state index in [1.807, 2.05) is 37.0 Å². The van der Waals surface area contributed by atoms with Crippen LogP contribution in [0.25, 0.3) is 0 Å². The van der Waals surface area contributed by atoms with Crippen LogP contribution < -0.4 is 10.6 Å². The Labute approximate surface area is 125 Å². The molecule has 0 amide bonds. The van der Waals surface area contributed by atoms with Gasteiger partial charge < -0.3 is 10.6 Å². The molecule has 0 aliphatic heterocycles. The number of hydrogen-bond donors (Lipinski definition) is 1. The van der Waals surface area contributed by atoms with Gasteiger partial charge >= 0.3 is 0 Å². The molecule has 0 saturated heterocycles. The van der Waals surface area contributed by atoms with Gasteiger partial charge in [0.25, 0.3) is 0 Å². The molecule has 0 bridgehead atoms. The van der Waals surface area contributed by atoms with Crippen molar-refractivity contribution < 1.29 is 0 Å². The van der Waals surface area contributed by atoms with Gasteiger partial charge in [-0.1, -0.05) is 37.1 Å². The van der Waals surface area contributed by atoms with Crippen LogP contribution in [-0.2, 0) is 20.0 Å². The second-order valence-corrected chi connectivity index (χ2v) is 5.48. The number of nitrogens with zero attached hydrogens (tertiary/aromatic N) is 3. The predicted octanol–water partition coefficient (Wildman–Crippen LogP) is 3.24. The molecular formula is C15H21ClN4. The molecule has 0 aliphatic rings. The number of aryl methyl sites for hydroxylation is 2. The first-order valence-corrected chi connectivity index (χ1v) is 7.17. The summed E-state index contributed by atoms with van der Waals surface area (Å²) in [6.07, 6.45) is 1.95. The smallest absolute Gasteiger partial charge is 0.150 e. The van der Waals surface area contributed by atoms with Crippen LogP contribution in [0.5, 0.6) is 0 Å². The van der Waals surface area contributed by atoms with Crippen LogP contribution in [0.4, 0.5) is 11.5 Å². The van der Waals surface area contributed by atoms with Gasteiger partial charge in [0, 0.05) is 25.7 Å². The number of rotatable bonds is 5. The third-order valence-corrected chi connectivity index (χ3v) is 3.52. The van der Waals surface area contributed by atoms with Crippen molar-refractivity contribution in [3.8, 4) is 0 Å². The van der Waals surface area contributed by atoms with E-state index in [1.54, 1.807) is 0 Å². The molecule has 0 radical (unpaired) electrons. The molecule has 1 aromatic carbocycles. The number of halogens is 1. The summed E-state index contributed by atoms with van der Waals surface area (Å²) in [5, 5.41) is 5.25. The van der Waals surface area contributed by atoms with E-state index in [-0.39, 0.29) is 0 Å². The summed E-state index contributed by atoms with van der Waals surface area (Å²) in [7, 11) is 3.95. The van der Waals surface area contributed by atoms with Crippen molar-refractivity contribution in [2.45, 2.75) is 26.3 Å². The summed E-state index contributed by atoms with van der Waals surface area (Å²) < 4.78 is 1.85. The Kier molecular flexibility index (Phi) is 4.55. The number of aromatic nitrogens is 2. The molecule has 2 N–H and O–H groups in total. The van der Waals surface area contributed by atoms with Gasteiger partial charge in [0.05, 0.1) is 11.4 Å². The maximum Gasteiger partial charge on any atom is 0.150 e. The molecule has 0 spiro atoms. The Morgan fingerprint density at radius 1 is 1.40 bits per heavy atom. The first-order valence-electron chi connectivity index (χ1n) is 6.79. The van der Waals surface area contributed by atoms with E-state index in [0.717, 1.165) is 47.2 Å². The van der Waals surface area contributed by atoms with Crippen LogP contribution in [0.2, 0.25) is 5.02 Å². The lowest BCUT2D eigenvalue weighted by Gasteiger charge is -2.20. The van der Waals surface area contributed by atoms with Crippen molar-refractivity contribution in [3.63, 3.8) is 0 Å². The van der Waals surface area contributed by atoms with Crippen LogP contribution in [-0.4, -0.2) is 16.8 Å². The Bertz CT molecular complexity index is 592. The predicted molar refractivity (Wildman–Crippen MR) is 85.2 cm³/mol. The fourth-order valence-electron chi connectivity index (χ4n) is 2.44. The van der Waals surface area contributed by atoms with E-state index in [4.69, 9.17) is 17.3 Å². The SMILES string of the molecule is CCCc1nn(C)c(N(C)Cc2cccc(Cl)c2)c1N. The van der Waals surface area contributed by atoms with Gasteiger partial charge in [-0.15, -0.1) is 0 Å². The van der Waals surface area contributed by atoms with Crippen molar-refractivity contribution in [2.75, 3.05) is 17.7 Å². The molecule has 2 rings (SSSR count). The molecule has 0 atom stereocenters. The Hall–Kier alpha value is -1.68. The number of anilines is 2. The van der Waals surface area contributed by atoms with Gasteiger partial charge in [-0.25, -0.2) is 0 Å².